The zero-order chi connectivity index (χ0) is 10.7. The molecule has 1 aromatic rings. The van der Waals surface area contributed by atoms with E-state index >= 15 is 0 Å². The minimum Gasteiger partial charge on any atom is -0.392 e. The predicted octanol–water partition coefficient (Wildman–Crippen LogP) is 1.36. The highest BCUT2D eigenvalue weighted by molar-refractivity contribution is 5.04. The SMILES string of the molecule is CC(NC1CCCCC1O)c1ccn[nH]1. The van der Waals surface area contributed by atoms with Gasteiger partial charge in [-0.15, -0.1) is 0 Å². The molecule has 0 amide bonds. The van der Waals surface area contributed by atoms with Gasteiger partial charge < -0.3 is 10.4 Å². The van der Waals surface area contributed by atoms with Crippen LogP contribution in [0.4, 0.5) is 0 Å². The van der Waals surface area contributed by atoms with Gasteiger partial charge in [0.15, 0.2) is 0 Å². The number of aromatic nitrogens is 2. The number of aliphatic hydroxyl groups is 1. The molecule has 1 aromatic heterocycles. The Labute approximate surface area is 90.1 Å². The van der Waals surface area contributed by atoms with E-state index in [2.05, 4.69) is 22.4 Å². The molecule has 84 valence electrons. The van der Waals surface area contributed by atoms with E-state index < -0.39 is 0 Å². The van der Waals surface area contributed by atoms with Crippen molar-refractivity contribution in [3.05, 3.63) is 18.0 Å². The molecule has 1 aliphatic carbocycles. The van der Waals surface area contributed by atoms with Crippen LogP contribution < -0.4 is 5.32 Å². The van der Waals surface area contributed by atoms with Crippen LogP contribution >= 0.6 is 0 Å². The second-order valence-electron chi connectivity index (χ2n) is 4.36. The lowest BCUT2D eigenvalue weighted by Crippen LogP contribution is -2.43. The van der Waals surface area contributed by atoms with Gasteiger partial charge in [0.05, 0.1) is 11.8 Å². The van der Waals surface area contributed by atoms with Crippen LogP contribution in [0.25, 0.3) is 0 Å². The van der Waals surface area contributed by atoms with Gasteiger partial charge in [-0.05, 0) is 25.8 Å². The Kier molecular flexibility index (Phi) is 3.38. The van der Waals surface area contributed by atoms with E-state index in [9.17, 15) is 5.11 Å². The number of aliphatic hydroxyl groups excluding tert-OH is 1. The number of nitrogens with one attached hydrogen (secondary N) is 2. The summed E-state index contributed by atoms with van der Waals surface area (Å²) in [6.45, 7) is 2.09. The van der Waals surface area contributed by atoms with Gasteiger partial charge in [-0.2, -0.15) is 5.10 Å². The fraction of sp³-hybridized carbons (Fsp3) is 0.727. The van der Waals surface area contributed by atoms with Gasteiger partial charge in [0, 0.05) is 18.3 Å². The molecule has 1 heterocycles. The number of H-pyrrole nitrogens is 1. The average molecular weight is 209 g/mol. The first-order valence-corrected chi connectivity index (χ1v) is 5.71. The summed E-state index contributed by atoms with van der Waals surface area (Å²) in [6.07, 6.45) is 5.92. The van der Waals surface area contributed by atoms with Crippen molar-refractivity contribution in [1.82, 2.24) is 15.5 Å². The van der Waals surface area contributed by atoms with Crippen LogP contribution in [0.1, 0.15) is 44.3 Å². The standard InChI is InChI=1S/C11H19N3O/c1-8(9-6-7-12-14-9)13-10-4-2-3-5-11(10)15/h6-8,10-11,13,15H,2-5H2,1H3,(H,12,14). The van der Waals surface area contributed by atoms with Gasteiger partial charge in [0.25, 0.3) is 0 Å². The first-order chi connectivity index (χ1) is 7.27. The second kappa shape index (κ2) is 4.77. The van der Waals surface area contributed by atoms with E-state index in [1.165, 1.54) is 6.42 Å². The highest BCUT2D eigenvalue weighted by atomic mass is 16.3. The summed E-state index contributed by atoms with van der Waals surface area (Å²) in [7, 11) is 0. The zero-order valence-corrected chi connectivity index (χ0v) is 9.11. The average Bonchev–Trinajstić information content (AvgIpc) is 2.74. The van der Waals surface area contributed by atoms with Crippen LogP contribution in [0, 0.1) is 0 Å². The Morgan fingerprint density at radius 1 is 1.53 bits per heavy atom. The number of hydrogen-bond donors (Lipinski definition) is 3. The Bertz CT molecular complexity index is 286. The molecule has 1 aliphatic rings. The van der Waals surface area contributed by atoms with Crippen LogP contribution in [0.15, 0.2) is 12.3 Å². The number of hydrogen-bond acceptors (Lipinski definition) is 3. The number of aromatic amines is 1. The lowest BCUT2D eigenvalue weighted by atomic mass is 9.92. The van der Waals surface area contributed by atoms with E-state index in [4.69, 9.17) is 0 Å². The summed E-state index contributed by atoms with van der Waals surface area (Å²) in [5.41, 5.74) is 1.08. The largest absolute Gasteiger partial charge is 0.392 e. The third kappa shape index (κ3) is 2.58. The molecule has 0 radical (unpaired) electrons. The highest BCUT2D eigenvalue weighted by Crippen LogP contribution is 2.21. The topological polar surface area (TPSA) is 60.9 Å². The van der Waals surface area contributed by atoms with Gasteiger partial charge in [-0.25, -0.2) is 0 Å². The Morgan fingerprint density at radius 2 is 2.33 bits per heavy atom. The third-order valence-electron chi connectivity index (χ3n) is 3.18. The second-order valence-corrected chi connectivity index (χ2v) is 4.36. The van der Waals surface area contributed by atoms with Crippen LogP contribution in [-0.4, -0.2) is 27.4 Å². The van der Waals surface area contributed by atoms with Gasteiger partial charge >= 0.3 is 0 Å². The van der Waals surface area contributed by atoms with E-state index in [1.54, 1.807) is 6.20 Å². The van der Waals surface area contributed by atoms with Crippen molar-refractivity contribution in [2.24, 2.45) is 0 Å². The van der Waals surface area contributed by atoms with Crippen molar-refractivity contribution in [2.45, 2.75) is 50.8 Å². The molecule has 0 aromatic carbocycles. The molecule has 3 atom stereocenters. The van der Waals surface area contributed by atoms with Crippen molar-refractivity contribution in [3.63, 3.8) is 0 Å². The molecule has 1 saturated carbocycles. The van der Waals surface area contributed by atoms with Gasteiger partial charge in [-0.3, -0.25) is 5.10 Å². The first-order valence-electron chi connectivity index (χ1n) is 5.71. The quantitative estimate of drug-likeness (QED) is 0.704. The highest BCUT2D eigenvalue weighted by Gasteiger charge is 2.24. The summed E-state index contributed by atoms with van der Waals surface area (Å²) >= 11 is 0. The number of rotatable bonds is 3. The van der Waals surface area contributed by atoms with Gasteiger partial charge in [0.2, 0.25) is 0 Å². The van der Waals surface area contributed by atoms with Crippen molar-refractivity contribution in [1.29, 1.82) is 0 Å². The van der Waals surface area contributed by atoms with Crippen molar-refractivity contribution >= 4 is 0 Å². The van der Waals surface area contributed by atoms with Crippen LogP contribution in [0.2, 0.25) is 0 Å². The molecule has 2 rings (SSSR count). The first kappa shape index (κ1) is 10.6. The van der Waals surface area contributed by atoms with Gasteiger partial charge in [-0.1, -0.05) is 12.8 Å². The predicted molar refractivity (Wildman–Crippen MR) is 58.4 cm³/mol. The monoisotopic (exact) mass is 209 g/mol. The summed E-state index contributed by atoms with van der Waals surface area (Å²) < 4.78 is 0. The van der Waals surface area contributed by atoms with E-state index in [0.717, 1.165) is 25.0 Å². The fourth-order valence-corrected chi connectivity index (χ4v) is 2.22. The minimum absolute atomic E-state index is 0.191. The fourth-order valence-electron chi connectivity index (χ4n) is 2.22. The van der Waals surface area contributed by atoms with Crippen LogP contribution in [0.3, 0.4) is 0 Å². The molecule has 0 saturated heterocycles. The van der Waals surface area contributed by atoms with Gasteiger partial charge in [0.1, 0.15) is 0 Å². The molecule has 0 spiro atoms. The summed E-state index contributed by atoms with van der Waals surface area (Å²) in [5.74, 6) is 0. The molecule has 1 fully saturated rings. The molecule has 4 heteroatoms. The lowest BCUT2D eigenvalue weighted by Gasteiger charge is -2.30. The van der Waals surface area contributed by atoms with Crippen LogP contribution in [0.5, 0.6) is 0 Å². The Hall–Kier alpha value is -0.870. The Balaban J connectivity index is 1.90. The minimum atomic E-state index is -0.191. The van der Waals surface area contributed by atoms with Crippen molar-refractivity contribution < 1.29 is 5.11 Å². The molecule has 4 nitrogen and oxygen atoms in total. The normalized spacial score (nSPS) is 28.9. The number of nitrogens with zero attached hydrogens (tertiary/aromatic N) is 1. The summed E-state index contributed by atoms with van der Waals surface area (Å²) in [6, 6.07) is 2.43. The van der Waals surface area contributed by atoms with E-state index in [1.807, 2.05) is 6.07 Å². The van der Waals surface area contributed by atoms with E-state index in [-0.39, 0.29) is 18.2 Å². The van der Waals surface area contributed by atoms with Crippen molar-refractivity contribution in [3.8, 4) is 0 Å². The van der Waals surface area contributed by atoms with Crippen LogP contribution in [-0.2, 0) is 0 Å². The lowest BCUT2D eigenvalue weighted by molar-refractivity contribution is 0.0857. The maximum atomic E-state index is 9.83. The molecule has 0 aliphatic heterocycles. The maximum absolute atomic E-state index is 9.83. The molecule has 3 unspecified atom stereocenters. The zero-order valence-electron chi connectivity index (χ0n) is 9.11. The molecule has 15 heavy (non-hydrogen) atoms. The van der Waals surface area contributed by atoms with Crippen molar-refractivity contribution in [2.75, 3.05) is 0 Å². The third-order valence-corrected chi connectivity index (χ3v) is 3.18. The van der Waals surface area contributed by atoms with E-state index in [0.29, 0.717) is 0 Å². The maximum Gasteiger partial charge on any atom is 0.0693 e. The molecular weight excluding hydrogens is 190 g/mol. The molecule has 3 N–H and O–H groups in total. The summed E-state index contributed by atoms with van der Waals surface area (Å²) in [5, 5.41) is 20.2. The molecule has 0 bridgehead atoms. The Morgan fingerprint density at radius 3 is 3.00 bits per heavy atom. The molecular formula is C11H19N3O. The smallest absolute Gasteiger partial charge is 0.0693 e. The summed E-state index contributed by atoms with van der Waals surface area (Å²) in [4.78, 5) is 0.